The van der Waals surface area contributed by atoms with Crippen LogP contribution < -0.4 is 5.73 Å². The smallest absolute Gasteiger partial charge is 0.120 e. The molecule has 0 unspecified atom stereocenters. The normalized spacial score (nSPS) is 14.1. The summed E-state index contributed by atoms with van der Waals surface area (Å²) in [5, 5.41) is 20.0. The van der Waals surface area contributed by atoms with Crippen molar-refractivity contribution < 1.29 is 10.2 Å². The van der Waals surface area contributed by atoms with Crippen LogP contribution in [-0.2, 0) is 6.42 Å². The lowest BCUT2D eigenvalue weighted by atomic mass is 9.95. The summed E-state index contributed by atoms with van der Waals surface area (Å²) in [7, 11) is 0. The van der Waals surface area contributed by atoms with Crippen LogP contribution in [0.4, 0.5) is 0 Å². The second kappa shape index (κ2) is 5.87. The molecule has 2 rings (SSSR count). The van der Waals surface area contributed by atoms with Gasteiger partial charge in [0.05, 0.1) is 12.1 Å². The molecule has 19 heavy (non-hydrogen) atoms. The average molecular weight is 257 g/mol. The predicted molar refractivity (Wildman–Crippen MR) is 75.9 cm³/mol. The molecule has 0 saturated carbocycles. The summed E-state index contributed by atoms with van der Waals surface area (Å²) in [5.74, 6) is 0.130. The van der Waals surface area contributed by atoms with Crippen molar-refractivity contribution in [3.63, 3.8) is 0 Å². The van der Waals surface area contributed by atoms with Crippen LogP contribution in [0.3, 0.4) is 0 Å². The number of hydrogen-bond donors (Lipinski definition) is 3. The average Bonchev–Trinajstić information content (AvgIpc) is 2.42. The summed E-state index contributed by atoms with van der Waals surface area (Å²) in [6.45, 7) is 1.93. The van der Waals surface area contributed by atoms with Gasteiger partial charge in [0, 0.05) is 12.0 Å². The van der Waals surface area contributed by atoms with Crippen molar-refractivity contribution in [3.05, 3.63) is 65.2 Å². The summed E-state index contributed by atoms with van der Waals surface area (Å²) in [4.78, 5) is 0. The molecule has 3 nitrogen and oxygen atoms in total. The van der Waals surface area contributed by atoms with Crippen LogP contribution in [0.1, 0.15) is 22.7 Å². The molecule has 2 atom stereocenters. The Hall–Kier alpha value is -1.84. The van der Waals surface area contributed by atoms with E-state index in [4.69, 9.17) is 5.73 Å². The molecular formula is C16H19NO2. The molecule has 2 aromatic carbocycles. The largest absolute Gasteiger partial charge is 0.508 e. The standard InChI is InChI=1S/C16H19NO2/c1-11-7-8-14(18)13(9-11)16(17)15(19)10-12-5-3-2-4-6-12/h2-9,15-16,18-19H,10,17H2,1H3/t15-,16+/m0/s1. The van der Waals surface area contributed by atoms with E-state index in [-0.39, 0.29) is 5.75 Å². The van der Waals surface area contributed by atoms with Gasteiger partial charge in [-0.3, -0.25) is 0 Å². The number of aromatic hydroxyl groups is 1. The zero-order chi connectivity index (χ0) is 13.8. The summed E-state index contributed by atoms with van der Waals surface area (Å²) >= 11 is 0. The number of benzene rings is 2. The van der Waals surface area contributed by atoms with Crippen LogP contribution in [0.2, 0.25) is 0 Å². The summed E-state index contributed by atoms with van der Waals surface area (Å²) in [6, 6.07) is 14.3. The van der Waals surface area contributed by atoms with Crippen LogP contribution >= 0.6 is 0 Å². The predicted octanol–water partition coefficient (Wildman–Crippen LogP) is 2.30. The van der Waals surface area contributed by atoms with Gasteiger partial charge in [-0.2, -0.15) is 0 Å². The number of aliphatic hydroxyl groups is 1. The Morgan fingerprint density at radius 2 is 1.79 bits per heavy atom. The first kappa shape index (κ1) is 13.6. The molecule has 4 N–H and O–H groups in total. The lowest BCUT2D eigenvalue weighted by Crippen LogP contribution is -2.28. The Morgan fingerprint density at radius 3 is 2.47 bits per heavy atom. The maximum atomic E-state index is 10.2. The molecule has 0 aliphatic rings. The Kier molecular flexibility index (Phi) is 4.20. The number of aliphatic hydroxyl groups excluding tert-OH is 1. The van der Waals surface area contributed by atoms with Gasteiger partial charge in [-0.25, -0.2) is 0 Å². The van der Waals surface area contributed by atoms with Crippen molar-refractivity contribution in [1.82, 2.24) is 0 Å². The second-order valence-electron chi connectivity index (χ2n) is 4.85. The first-order valence-electron chi connectivity index (χ1n) is 6.35. The number of aryl methyl sites for hydroxylation is 1. The fourth-order valence-corrected chi connectivity index (χ4v) is 2.13. The molecule has 3 heteroatoms. The molecule has 0 fully saturated rings. The van der Waals surface area contributed by atoms with E-state index in [9.17, 15) is 10.2 Å². The number of phenolic OH excluding ortho intramolecular Hbond substituents is 1. The van der Waals surface area contributed by atoms with Crippen molar-refractivity contribution in [2.75, 3.05) is 0 Å². The van der Waals surface area contributed by atoms with Gasteiger partial charge in [-0.1, -0.05) is 48.0 Å². The third-order valence-electron chi connectivity index (χ3n) is 3.24. The van der Waals surface area contributed by atoms with Crippen molar-refractivity contribution in [2.45, 2.75) is 25.5 Å². The topological polar surface area (TPSA) is 66.5 Å². The van der Waals surface area contributed by atoms with Crippen molar-refractivity contribution >= 4 is 0 Å². The molecule has 0 heterocycles. The monoisotopic (exact) mass is 257 g/mol. The lowest BCUT2D eigenvalue weighted by molar-refractivity contribution is 0.143. The number of nitrogens with two attached hydrogens (primary N) is 1. The fourth-order valence-electron chi connectivity index (χ4n) is 2.13. The van der Waals surface area contributed by atoms with Crippen molar-refractivity contribution in [2.24, 2.45) is 5.73 Å². The van der Waals surface area contributed by atoms with Gasteiger partial charge in [0.15, 0.2) is 0 Å². The Balaban J connectivity index is 2.14. The second-order valence-corrected chi connectivity index (χ2v) is 4.85. The van der Waals surface area contributed by atoms with Crippen LogP contribution in [-0.4, -0.2) is 16.3 Å². The molecule has 0 spiro atoms. The third kappa shape index (κ3) is 3.34. The van der Waals surface area contributed by atoms with Gasteiger partial charge in [0.25, 0.3) is 0 Å². The number of rotatable bonds is 4. The number of phenols is 1. The van der Waals surface area contributed by atoms with Crippen molar-refractivity contribution in [3.8, 4) is 5.75 Å². The van der Waals surface area contributed by atoms with Crippen LogP contribution in [0, 0.1) is 6.92 Å². The minimum atomic E-state index is -0.727. The summed E-state index contributed by atoms with van der Waals surface area (Å²) in [6.07, 6.45) is -0.259. The molecule has 0 aromatic heterocycles. The Labute approximate surface area is 113 Å². The molecule has 100 valence electrons. The van der Waals surface area contributed by atoms with Crippen LogP contribution in [0.15, 0.2) is 48.5 Å². The van der Waals surface area contributed by atoms with Crippen LogP contribution in [0.5, 0.6) is 5.75 Å². The number of hydrogen-bond acceptors (Lipinski definition) is 3. The Bertz CT molecular complexity index is 540. The van der Waals surface area contributed by atoms with E-state index in [0.29, 0.717) is 12.0 Å². The molecule has 2 aromatic rings. The zero-order valence-electron chi connectivity index (χ0n) is 11.0. The highest BCUT2D eigenvalue weighted by molar-refractivity contribution is 5.38. The van der Waals surface area contributed by atoms with E-state index in [0.717, 1.165) is 11.1 Å². The molecule has 0 radical (unpaired) electrons. The van der Waals surface area contributed by atoms with E-state index >= 15 is 0 Å². The van der Waals surface area contributed by atoms with Gasteiger partial charge in [0.1, 0.15) is 5.75 Å². The molecule has 0 bridgehead atoms. The van der Waals surface area contributed by atoms with Gasteiger partial charge in [-0.05, 0) is 18.6 Å². The minimum absolute atomic E-state index is 0.130. The van der Waals surface area contributed by atoms with Crippen LogP contribution in [0.25, 0.3) is 0 Å². The van der Waals surface area contributed by atoms with E-state index in [1.807, 2.05) is 49.4 Å². The Morgan fingerprint density at radius 1 is 1.11 bits per heavy atom. The molecule has 0 saturated heterocycles. The highest BCUT2D eigenvalue weighted by Gasteiger charge is 2.20. The fraction of sp³-hybridized carbons (Fsp3) is 0.250. The highest BCUT2D eigenvalue weighted by Crippen LogP contribution is 2.27. The summed E-state index contributed by atoms with van der Waals surface area (Å²) < 4.78 is 0. The van der Waals surface area contributed by atoms with E-state index in [1.165, 1.54) is 0 Å². The maximum Gasteiger partial charge on any atom is 0.120 e. The minimum Gasteiger partial charge on any atom is -0.508 e. The summed E-state index contributed by atoms with van der Waals surface area (Å²) in [5.41, 5.74) is 8.67. The van der Waals surface area contributed by atoms with Gasteiger partial charge < -0.3 is 15.9 Å². The van der Waals surface area contributed by atoms with E-state index < -0.39 is 12.1 Å². The van der Waals surface area contributed by atoms with E-state index in [2.05, 4.69) is 0 Å². The zero-order valence-corrected chi connectivity index (χ0v) is 11.0. The molecular weight excluding hydrogens is 238 g/mol. The van der Waals surface area contributed by atoms with E-state index in [1.54, 1.807) is 6.07 Å². The maximum absolute atomic E-state index is 10.2. The van der Waals surface area contributed by atoms with Gasteiger partial charge in [0.2, 0.25) is 0 Å². The first-order valence-corrected chi connectivity index (χ1v) is 6.35. The van der Waals surface area contributed by atoms with Gasteiger partial charge >= 0.3 is 0 Å². The third-order valence-corrected chi connectivity index (χ3v) is 3.24. The lowest BCUT2D eigenvalue weighted by Gasteiger charge is -2.20. The molecule has 0 amide bonds. The highest BCUT2D eigenvalue weighted by atomic mass is 16.3. The first-order chi connectivity index (χ1) is 9.08. The molecule has 0 aliphatic carbocycles. The van der Waals surface area contributed by atoms with Gasteiger partial charge in [-0.15, -0.1) is 0 Å². The quantitative estimate of drug-likeness (QED) is 0.787. The van der Waals surface area contributed by atoms with Crippen molar-refractivity contribution in [1.29, 1.82) is 0 Å². The molecule has 0 aliphatic heterocycles. The SMILES string of the molecule is Cc1ccc(O)c([C@@H](N)[C@@H](O)Cc2ccccc2)c1.